The topological polar surface area (TPSA) is 96.3 Å². The third-order valence-electron chi connectivity index (χ3n) is 6.17. The molecule has 32 heavy (non-hydrogen) atoms. The number of hydrogen-bond donors (Lipinski definition) is 2. The van der Waals surface area contributed by atoms with Crippen molar-refractivity contribution in [2.45, 2.75) is 52.1 Å². The molecule has 2 unspecified atom stereocenters. The van der Waals surface area contributed by atoms with E-state index in [2.05, 4.69) is 29.6 Å². The molecule has 0 saturated heterocycles. The fourth-order valence-corrected chi connectivity index (χ4v) is 3.74. The lowest BCUT2D eigenvalue weighted by Gasteiger charge is -2.40. The average molecular weight is 440 g/mol. The van der Waals surface area contributed by atoms with Crippen molar-refractivity contribution in [1.82, 2.24) is 25.3 Å². The van der Waals surface area contributed by atoms with E-state index in [1.165, 1.54) is 15.6 Å². The van der Waals surface area contributed by atoms with Crippen LogP contribution in [-0.4, -0.2) is 58.1 Å². The predicted octanol–water partition coefficient (Wildman–Crippen LogP) is 2.42. The smallest absolute Gasteiger partial charge is 0.272 e. The molecule has 1 aliphatic heterocycles. The maximum atomic E-state index is 13.0. The summed E-state index contributed by atoms with van der Waals surface area (Å²) >= 11 is 0. The summed E-state index contributed by atoms with van der Waals surface area (Å²) in [4.78, 5) is 40.0. The second-order valence-corrected chi connectivity index (χ2v) is 9.17. The van der Waals surface area contributed by atoms with Gasteiger partial charge in [0, 0.05) is 26.2 Å². The van der Waals surface area contributed by atoms with Crippen molar-refractivity contribution < 1.29 is 14.4 Å². The van der Waals surface area contributed by atoms with Crippen molar-refractivity contribution in [2.24, 2.45) is 5.92 Å². The Morgan fingerprint density at radius 1 is 1.16 bits per heavy atom. The van der Waals surface area contributed by atoms with Crippen LogP contribution in [0.4, 0.5) is 0 Å². The molecule has 0 saturated carbocycles. The van der Waals surface area contributed by atoms with E-state index in [1.807, 2.05) is 37.3 Å². The molecule has 3 rings (SSSR count). The predicted molar refractivity (Wildman–Crippen MR) is 122 cm³/mol. The molecule has 2 atom stereocenters. The quantitative estimate of drug-likeness (QED) is 0.660. The Labute approximate surface area is 189 Å². The summed E-state index contributed by atoms with van der Waals surface area (Å²) in [6, 6.07) is 11.4. The van der Waals surface area contributed by atoms with Crippen LogP contribution < -0.4 is 10.6 Å². The first-order chi connectivity index (χ1) is 15.1. The van der Waals surface area contributed by atoms with E-state index >= 15 is 0 Å². The zero-order valence-corrected chi connectivity index (χ0v) is 19.5. The number of hydrogen-bond acceptors (Lipinski definition) is 4. The Kier molecular flexibility index (Phi) is 7.01. The minimum Gasteiger partial charge on any atom is -0.354 e. The monoisotopic (exact) mass is 439 g/mol. The van der Waals surface area contributed by atoms with Gasteiger partial charge < -0.3 is 15.5 Å². The van der Waals surface area contributed by atoms with Crippen LogP contribution in [0.3, 0.4) is 0 Å². The minimum absolute atomic E-state index is 0.142. The van der Waals surface area contributed by atoms with Crippen LogP contribution in [0.25, 0.3) is 0 Å². The van der Waals surface area contributed by atoms with E-state index in [9.17, 15) is 14.4 Å². The van der Waals surface area contributed by atoms with Crippen molar-refractivity contribution in [3.05, 3.63) is 53.3 Å². The van der Waals surface area contributed by atoms with Crippen LogP contribution in [0, 0.1) is 5.92 Å². The Hall–Kier alpha value is -3.16. The minimum atomic E-state index is -1.08. The zero-order chi connectivity index (χ0) is 23.5. The highest BCUT2D eigenvalue weighted by Gasteiger charge is 2.46. The Morgan fingerprint density at radius 2 is 1.84 bits per heavy atom. The summed E-state index contributed by atoms with van der Waals surface area (Å²) in [7, 11) is 1.61. The number of nitrogens with zero attached hydrogens (tertiary/aromatic N) is 3. The molecule has 0 aliphatic carbocycles. The van der Waals surface area contributed by atoms with Gasteiger partial charge in [-0.1, -0.05) is 51.1 Å². The molecule has 2 aromatic rings. The fraction of sp³-hybridized carbons (Fsp3) is 0.500. The molecule has 8 heteroatoms. The van der Waals surface area contributed by atoms with Gasteiger partial charge in [0.15, 0.2) is 5.69 Å². The fourth-order valence-electron chi connectivity index (χ4n) is 3.74. The lowest BCUT2D eigenvalue weighted by molar-refractivity contribution is -0.132. The Morgan fingerprint density at radius 3 is 2.50 bits per heavy atom. The normalized spacial score (nSPS) is 18.9. The van der Waals surface area contributed by atoms with Gasteiger partial charge in [-0.25, -0.2) is 0 Å². The summed E-state index contributed by atoms with van der Waals surface area (Å²) < 4.78 is 1.47. The Bertz CT molecular complexity index is 985. The number of nitrogens with one attached hydrogen (secondary N) is 2. The van der Waals surface area contributed by atoms with E-state index in [1.54, 1.807) is 14.0 Å². The highest BCUT2D eigenvalue weighted by atomic mass is 16.2. The second kappa shape index (κ2) is 9.54. The number of fused-ring (bicyclic) bond motifs is 1. The third-order valence-corrected chi connectivity index (χ3v) is 6.17. The van der Waals surface area contributed by atoms with Gasteiger partial charge in [0.1, 0.15) is 11.2 Å². The molecule has 172 valence electrons. The molecule has 2 N–H and O–H groups in total. The molecule has 3 amide bonds. The first kappa shape index (κ1) is 23.5. The van der Waals surface area contributed by atoms with E-state index in [0.29, 0.717) is 24.7 Å². The van der Waals surface area contributed by atoms with Crippen LogP contribution in [-0.2, 0) is 11.3 Å². The molecule has 1 aromatic carbocycles. The van der Waals surface area contributed by atoms with Gasteiger partial charge in [-0.05, 0) is 30.7 Å². The molecular weight excluding hydrogens is 406 g/mol. The number of likely N-dealkylation sites (N-methyl/N-ethyl adjacent to an activating group) is 1. The van der Waals surface area contributed by atoms with Crippen LogP contribution in [0.1, 0.15) is 66.6 Å². The van der Waals surface area contributed by atoms with E-state index in [0.717, 1.165) is 12.0 Å². The molecule has 8 nitrogen and oxygen atoms in total. The molecule has 0 bridgehead atoms. The summed E-state index contributed by atoms with van der Waals surface area (Å²) in [5.74, 6) is -0.284. The van der Waals surface area contributed by atoms with Crippen molar-refractivity contribution in [3.63, 3.8) is 0 Å². The van der Waals surface area contributed by atoms with E-state index < -0.39 is 5.54 Å². The standard InChI is InChI=1S/C24H33N5O3/c1-16(2)11-12-25-23(32)24(4)15-29-20(22(31)28(24)5)13-19(27-29)21(30)26-14-17(3)18-9-7-6-8-10-18/h6-10,13,16-17H,11-12,14-15H2,1-5H3,(H,25,32)(H,26,30). The highest BCUT2D eigenvalue weighted by molar-refractivity contribution is 6.01. The van der Waals surface area contributed by atoms with Gasteiger partial charge in [-0.3, -0.25) is 19.1 Å². The summed E-state index contributed by atoms with van der Waals surface area (Å²) in [5, 5.41) is 10.2. The van der Waals surface area contributed by atoms with Crippen LogP contribution in [0.2, 0.25) is 0 Å². The van der Waals surface area contributed by atoms with Crippen LogP contribution >= 0.6 is 0 Å². The zero-order valence-electron chi connectivity index (χ0n) is 19.5. The second-order valence-electron chi connectivity index (χ2n) is 9.17. The largest absolute Gasteiger partial charge is 0.354 e. The van der Waals surface area contributed by atoms with E-state index in [-0.39, 0.29) is 35.9 Å². The molecule has 0 fully saturated rings. The Balaban J connectivity index is 1.69. The number of benzene rings is 1. The lowest BCUT2D eigenvalue weighted by atomic mass is 9.95. The van der Waals surface area contributed by atoms with Gasteiger partial charge >= 0.3 is 0 Å². The molecule has 1 aliphatic rings. The van der Waals surface area contributed by atoms with Gasteiger partial charge in [0.05, 0.1) is 6.54 Å². The maximum Gasteiger partial charge on any atom is 0.272 e. The summed E-state index contributed by atoms with van der Waals surface area (Å²) in [6.45, 7) is 9.13. The number of amides is 3. The summed E-state index contributed by atoms with van der Waals surface area (Å²) in [6.07, 6.45) is 0.859. The first-order valence-electron chi connectivity index (χ1n) is 11.1. The molecule has 1 aromatic heterocycles. The van der Waals surface area contributed by atoms with Crippen molar-refractivity contribution >= 4 is 17.7 Å². The number of rotatable bonds is 8. The molecule has 0 radical (unpaired) electrons. The summed E-state index contributed by atoms with van der Waals surface area (Å²) in [5.41, 5.74) is 0.531. The SMILES string of the molecule is CC(C)CCNC(=O)C1(C)Cn2nc(C(=O)NCC(C)c3ccccc3)cc2C(=O)N1C. The molecule has 2 heterocycles. The van der Waals surface area contributed by atoms with Gasteiger partial charge in [-0.15, -0.1) is 0 Å². The van der Waals surface area contributed by atoms with Crippen molar-refractivity contribution in [1.29, 1.82) is 0 Å². The van der Waals surface area contributed by atoms with Crippen molar-refractivity contribution in [2.75, 3.05) is 20.1 Å². The number of carbonyl (C=O) groups is 3. The number of carbonyl (C=O) groups excluding carboxylic acids is 3. The maximum absolute atomic E-state index is 13.0. The van der Waals surface area contributed by atoms with E-state index in [4.69, 9.17) is 0 Å². The average Bonchev–Trinajstić information content (AvgIpc) is 3.19. The van der Waals surface area contributed by atoms with Crippen LogP contribution in [0.15, 0.2) is 36.4 Å². The molecule has 0 spiro atoms. The van der Waals surface area contributed by atoms with Crippen LogP contribution in [0.5, 0.6) is 0 Å². The number of aromatic nitrogens is 2. The highest BCUT2D eigenvalue weighted by Crippen LogP contribution is 2.26. The van der Waals surface area contributed by atoms with Gasteiger partial charge in [0.2, 0.25) is 5.91 Å². The lowest BCUT2D eigenvalue weighted by Crippen LogP contribution is -2.62. The van der Waals surface area contributed by atoms with Gasteiger partial charge in [0.25, 0.3) is 11.8 Å². The first-order valence-corrected chi connectivity index (χ1v) is 11.1. The van der Waals surface area contributed by atoms with Gasteiger partial charge in [-0.2, -0.15) is 5.10 Å². The van der Waals surface area contributed by atoms with Crippen molar-refractivity contribution in [3.8, 4) is 0 Å². The third kappa shape index (κ3) is 4.84. The molecular formula is C24H33N5O3.